The average molecular weight is 356 g/mol. The maximum Gasteiger partial charge on any atom is 0.175 e. The number of halogens is 1. The highest BCUT2D eigenvalue weighted by Crippen LogP contribution is 2.39. The Hall–Kier alpha value is -0.740. The highest BCUT2D eigenvalue weighted by molar-refractivity contribution is 9.10. The van der Waals surface area contributed by atoms with Crippen LogP contribution in [0.1, 0.15) is 45.1 Å². The topological polar surface area (TPSA) is 44.5 Å². The smallest absolute Gasteiger partial charge is 0.175 e. The van der Waals surface area contributed by atoms with Crippen molar-refractivity contribution < 1.29 is 9.47 Å². The van der Waals surface area contributed by atoms with Gasteiger partial charge in [0, 0.05) is 0 Å². The van der Waals surface area contributed by atoms with Crippen molar-refractivity contribution in [1.82, 2.24) is 0 Å². The molecule has 0 saturated heterocycles. The fourth-order valence-electron chi connectivity index (χ4n) is 2.82. The molecule has 2 N–H and O–H groups in total. The van der Waals surface area contributed by atoms with Crippen LogP contribution in [-0.2, 0) is 6.42 Å². The van der Waals surface area contributed by atoms with Crippen LogP contribution in [0.4, 0.5) is 0 Å². The first-order valence-electron chi connectivity index (χ1n) is 7.96. The van der Waals surface area contributed by atoms with Gasteiger partial charge >= 0.3 is 0 Å². The Morgan fingerprint density at radius 2 is 1.95 bits per heavy atom. The van der Waals surface area contributed by atoms with Crippen LogP contribution in [0.25, 0.3) is 0 Å². The van der Waals surface area contributed by atoms with E-state index >= 15 is 0 Å². The summed E-state index contributed by atoms with van der Waals surface area (Å²) in [4.78, 5) is 0. The van der Waals surface area contributed by atoms with Gasteiger partial charge in [0.05, 0.1) is 17.2 Å². The van der Waals surface area contributed by atoms with Crippen LogP contribution in [0, 0.1) is 5.92 Å². The number of rotatable bonds is 6. The Labute approximate surface area is 136 Å². The van der Waals surface area contributed by atoms with E-state index in [0.717, 1.165) is 41.2 Å². The highest BCUT2D eigenvalue weighted by Gasteiger charge is 2.22. The Balaban J connectivity index is 2.16. The zero-order valence-corrected chi connectivity index (χ0v) is 14.6. The van der Waals surface area contributed by atoms with E-state index in [0.29, 0.717) is 19.3 Å². The minimum atomic E-state index is 0.303. The Morgan fingerprint density at radius 1 is 1.24 bits per heavy atom. The predicted molar refractivity (Wildman–Crippen MR) is 90.1 cm³/mol. The summed E-state index contributed by atoms with van der Waals surface area (Å²) in [6, 6.07) is 4.15. The van der Waals surface area contributed by atoms with Gasteiger partial charge in [-0.3, -0.25) is 0 Å². The van der Waals surface area contributed by atoms with Crippen LogP contribution in [0.3, 0.4) is 0 Å². The lowest BCUT2D eigenvalue weighted by atomic mass is 9.89. The lowest BCUT2D eigenvalue weighted by Crippen LogP contribution is -2.23. The molecule has 0 bridgehead atoms. The number of hydrogen-bond acceptors (Lipinski definition) is 3. The van der Waals surface area contributed by atoms with Crippen molar-refractivity contribution in [3.63, 3.8) is 0 Å². The summed E-state index contributed by atoms with van der Waals surface area (Å²) in [5.41, 5.74) is 6.83. The summed E-state index contributed by atoms with van der Waals surface area (Å²) in [6.07, 6.45) is 5.90. The number of ether oxygens (including phenoxy) is 2. The van der Waals surface area contributed by atoms with E-state index in [9.17, 15) is 0 Å². The van der Waals surface area contributed by atoms with Crippen molar-refractivity contribution in [3.05, 3.63) is 22.2 Å². The molecule has 1 saturated carbocycles. The van der Waals surface area contributed by atoms with E-state index in [1.165, 1.54) is 18.4 Å². The third-order valence-electron chi connectivity index (χ3n) is 4.05. The molecule has 21 heavy (non-hydrogen) atoms. The van der Waals surface area contributed by atoms with Crippen molar-refractivity contribution in [3.8, 4) is 11.5 Å². The zero-order valence-electron chi connectivity index (χ0n) is 13.0. The van der Waals surface area contributed by atoms with Gasteiger partial charge in [-0.05, 0) is 85.1 Å². The Kier molecular flexibility index (Phi) is 6.37. The first-order chi connectivity index (χ1) is 10.1. The molecule has 0 amide bonds. The Morgan fingerprint density at radius 3 is 2.57 bits per heavy atom. The molecule has 0 radical (unpaired) electrons. The molecular weight excluding hydrogens is 330 g/mol. The van der Waals surface area contributed by atoms with Gasteiger partial charge in [-0.2, -0.15) is 0 Å². The summed E-state index contributed by atoms with van der Waals surface area (Å²) in [5, 5.41) is 0. The molecule has 0 unspecified atom stereocenters. The van der Waals surface area contributed by atoms with Crippen LogP contribution in [-0.4, -0.2) is 19.3 Å². The van der Waals surface area contributed by atoms with Gasteiger partial charge in [0.15, 0.2) is 11.5 Å². The van der Waals surface area contributed by atoms with Crippen LogP contribution in [0.15, 0.2) is 16.6 Å². The van der Waals surface area contributed by atoms with E-state index in [-0.39, 0.29) is 0 Å². The molecule has 0 aliphatic heterocycles. The molecule has 1 aliphatic rings. The van der Waals surface area contributed by atoms with Crippen molar-refractivity contribution in [2.24, 2.45) is 11.7 Å². The largest absolute Gasteiger partial charge is 0.490 e. The number of hydrogen-bond donors (Lipinski definition) is 1. The third-order valence-corrected chi connectivity index (χ3v) is 4.64. The van der Waals surface area contributed by atoms with Crippen molar-refractivity contribution in [1.29, 1.82) is 0 Å². The predicted octanol–water partition coefficient (Wildman–Crippen LogP) is 4.31. The Bertz CT molecular complexity index is 456. The molecule has 0 aromatic heterocycles. The summed E-state index contributed by atoms with van der Waals surface area (Å²) in [5.74, 6) is 2.50. The van der Waals surface area contributed by atoms with Gasteiger partial charge in [-0.1, -0.05) is 6.92 Å². The van der Waals surface area contributed by atoms with Crippen LogP contribution in [0.5, 0.6) is 11.5 Å². The molecule has 0 atom stereocenters. The first kappa shape index (κ1) is 16.6. The van der Waals surface area contributed by atoms with Gasteiger partial charge in [0.25, 0.3) is 0 Å². The van der Waals surface area contributed by atoms with Crippen LogP contribution in [0.2, 0.25) is 0 Å². The standard InChI is InChI=1S/C17H26BrNO2/c1-3-20-16-11-13(8-9-19)10-15(18)17(16)21-14-6-4-12(2)5-7-14/h10-12,14H,3-9,19H2,1-2H3. The fourth-order valence-corrected chi connectivity index (χ4v) is 3.41. The number of benzene rings is 1. The summed E-state index contributed by atoms with van der Waals surface area (Å²) >= 11 is 3.63. The summed E-state index contributed by atoms with van der Waals surface area (Å²) in [6.45, 7) is 5.59. The van der Waals surface area contributed by atoms with Gasteiger partial charge < -0.3 is 15.2 Å². The zero-order chi connectivity index (χ0) is 15.2. The number of nitrogens with two attached hydrogens (primary N) is 1. The minimum Gasteiger partial charge on any atom is -0.490 e. The highest BCUT2D eigenvalue weighted by atomic mass is 79.9. The maximum atomic E-state index is 6.25. The molecule has 4 heteroatoms. The molecule has 118 valence electrons. The molecule has 0 heterocycles. The average Bonchev–Trinajstić information content (AvgIpc) is 2.45. The second kappa shape index (κ2) is 8.04. The second-order valence-corrected chi connectivity index (χ2v) is 6.73. The second-order valence-electron chi connectivity index (χ2n) is 5.88. The molecular formula is C17H26BrNO2. The normalized spacial score (nSPS) is 22.1. The van der Waals surface area contributed by atoms with E-state index in [4.69, 9.17) is 15.2 Å². The quantitative estimate of drug-likeness (QED) is 0.826. The third kappa shape index (κ3) is 4.62. The molecule has 1 aliphatic carbocycles. The molecule has 0 spiro atoms. The lowest BCUT2D eigenvalue weighted by Gasteiger charge is -2.28. The minimum absolute atomic E-state index is 0.303. The molecule has 3 nitrogen and oxygen atoms in total. The first-order valence-corrected chi connectivity index (χ1v) is 8.75. The van der Waals surface area contributed by atoms with Crippen LogP contribution >= 0.6 is 15.9 Å². The van der Waals surface area contributed by atoms with E-state index in [1.54, 1.807) is 0 Å². The molecule has 1 fully saturated rings. The van der Waals surface area contributed by atoms with Crippen molar-refractivity contribution in [2.45, 2.75) is 52.1 Å². The maximum absolute atomic E-state index is 6.25. The van der Waals surface area contributed by atoms with Gasteiger partial charge in [0.2, 0.25) is 0 Å². The van der Waals surface area contributed by atoms with E-state index in [1.807, 2.05) is 6.92 Å². The van der Waals surface area contributed by atoms with Crippen molar-refractivity contribution >= 4 is 15.9 Å². The summed E-state index contributed by atoms with van der Waals surface area (Å²) in [7, 11) is 0. The molecule has 1 aromatic carbocycles. The monoisotopic (exact) mass is 355 g/mol. The molecule has 1 aromatic rings. The fraction of sp³-hybridized carbons (Fsp3) is 0.647. The lowest BCUT2D eigenvalue weighted by molar-refractivity contribution is 0.129. The summed E-state index contributed by atoms with van der Waals surface area (Å²) < 4.78 is 13.0. The SMILES string of the molecule is CCOc1cc(CCN)cc(Br)c1OC1CCC(C)CC1. The van der Waals surface area contributed by atoms with E-state index < -0.39 is 0 Å². The van der Waals surface area contributed by atoms with E-state index in [2.05, 4.69) is 35.0 Å². The van der Waals surface area contributed by atoms with Gasteiger partial charge in [-0.25, -0.2) is 0 Å². The van der Waals surface area contributed by atoms with Crippen LogP contribution < -0.4 is 15.2 Å². The van der Waals surface area contributed by atoms with Crippen molar-refractivity contribution in [2.75, 3.05) is 13.2 Å². The van der Waals surface area contributed by atoms with Gasteiger partial charge in [-0.15, -0.1) is 0 Å². The van der Waals surface area contributed by atoms with Gasteiger partial charge in [0.1, 0.15) is 0 Å². The molecule has 2 rings (SSSR count).